The Bertz CT molecular complexity index is 387. The Morgan fingerprint density at radius 2 is 2.21 bits per heavy atom. The Hall–Kier alpha value is -1.28. The van der Waals surface area contributed by atoms with Crippen LogP contribution in [0.15, 0.2) is 6.07 Å². The lowest BCUT2D eigenvalue weighted by Gasteiger charge is -2.04. The number of hydrogen-bond donors (Lipinski definition) is 0. The molecule has 0 amide bonds. The van der Waals surface area contributed by atoms with E-state index in [1.165, 1.54) is 6.07 Å². The monoisotopic (exact) mass is 220 g/mol. The third-order valence-corrected chi connectivity index (χ3v) is 1.77. The molecule has 74 valence electrons. The molecule has 0 N–H and O–H groups in total. The number of halogens is 4. The first-order valence-corrected chi connectivity index (χ1v) is 4.07. The lowest BCUT2D eigenvalue weighted by molar-refractivity contribution is 0.145. The molecule has 0 saturated carbocycles. The predicted octanol–water partition coefficient (Wildman–Crippen LogP) is 2.77. The highest BCUT2D eigenvalue weighted by molar-refractivity contribution is 6.16. The summed E-state index contributed by atoms with van der Waals surface area (Å²) in [6, 6.07) is 2.18. The zero-order chi connectivity index (χ0) is 10.7. The van der Waals surface area contributed by atoms with Crippen LogP contribution in [0.5, 0.6) is 0 Å². The molecule has 0 spiro atoms. The molecule has 0 bridgehead atoms. The minimum Gasteiger partial charge on any atom is -0.247 e. The van der Waals surface area contributed by atoms with Gasteiger partial charge in [-0.15, -0.1) is 11.6 Å². The molecule has 1 rings (SSSR count). The molecule has 1 aromatic heterocycles. The molecule has 0 aromatic carbocycles. The molecule has 0 aliphatic heterocycles. The summed E-state index contributed by atoms with van der Waals surface area (Å²) in [4.78, 5) is 3.29. The van der Waals surface area contributed by atoms with Gasteiger partial charge in [-0.25, -0.2) is 18.2 Å². The maximum atomic E-state index is 13.1. The Morgan fingerprint density at radius 3 is 2.64 bits per heavy atom. The van der Waals surface area contributed by atoms with E-state index < -0.39 is 23.5 Å². The number of aromatic nitrogens is 1. The second kappa shape index (κ2) is 4.29. The summed E-state index contributed by atoms with van der Waals surface area (Å²) >= 11 is 5.28. The van der Waals surface area contributed by atoms with Crippen molar-refractivity contribution in [3.05, 3.63) is 28.8 Å². The van der Waals surface area contributed by atoms with Crippen LogP contribution in [0.3, 0.4) is 0 Å². The summed E-state index contributed by atoms with van der Waals surface area (Å²) in [5.41, 5.74) is -1.44. The van der Waals surface area contributed by atoms with Gasteiger partial charge in [0.2, 0.25) is 0 Å². The van der Waals surface area contributed by atoms with Crippen molar-refractivity contribution in [2.24, 2.45) is 0 Å². The van der Waals surface area contributed by atoms with E-state index in [1.54, 1.807) is 0 Å². The van der Waals surface area contributed by atoms with E-state index in [-0.39, 0.29) is 11.6 Å². The highest BCUT2D eigenvalue weighted by Crippen LogP contribution is 2.21. The number of alkyl halides is 3. The molecule has 0 aliphatic carbocycles. The van der Waals surface area contributed by atoms with E-state index in [0.717, 1.165) is 6.07 Å². The molecular formula is C8H4ClF3N2. The summed E-state index contributed by atoms with van der Waals surface area (Å²) < 4.78 is 37.5. The van der Waals surface area contributed by atoms with E-state index in [2.05, 4.69) is 4.98 Å². The van der Waals surface area contributed by atoms with Gasteiger partial charge >= 0.3 is 0 Å². The number of rotatable bonds is 2. The minimum atomic E-state index is -2.84. The zero-order valence-corrected chi connectivity index (χ0v) is 7.52. The molecular weight excluding hydrogens is 217 g/mol. The first-order chi connectivity index (χ1) is 6.60. The molecule has 0 atom stereocenters. The summed E-state index contributed by atoms with van der Waals surface area (Å²) in [6.07, 6.45) is -2.84. The van der Waals surface area contributed by atoms with Crippen molar-refractivity contribution >= 4 is 11.6 Å². The van der Waals surface area contributed by atoms with Crippen LogP contribution in [0.2, 0.25) is 0 Å². The van der Waals surface area contributed by atoms with Crippen LogP contribution >= 0.6 is 11.6 Å². The van der Waals surface area contributed by atoms with E-state index in [4.69, 9.17) is 16.9 Å². The van der Waals surface area contributed by atoms with Crippen LogP contribution in [0.25, 0.3) is 0 Å². The van der Waals surface area contributed by atoms with Gasteiger partial charge in [-0.3, -0.25) is 0 Å². The lowest BCUT2D eigenvalue weighted by atomic mass is 10.2. The SMILES string of the molecule is N#Cc1cc(C(F)F)nc(CCl)c1F. The van der Waals surface area contributed by atoms with Crippen LogP contribution < -0.4 is 0 Å². The molecule has 0 fully saturated rings. The van der Waals surface area contributed by atoms with Crippen molar-refractivity contribution in [1.29, 1.82) is 5.26 Å². The van der Waals surface area contributed by atoms with Gasteiger partial charge in [0.25, 0.3) is 6.43 Å². The van der Waals surface area contributed by atoms with Gasteiger partial charge in [-0.1, -0.05) is 0 Å². The normalized spacial score (nSPS) is 10.3. The van der Waals surface area contributed by atoms with Crippen LogP contribution in [-0.4, -0.2) is 4.98 Å². The molecule has 0 aliphatic rings. The molecule has 0 radical (unpaired) electrons. The fraction of sp³-hybridized carbons (Fsp3) is 0.250. The smallest absolute Gasteiger partial charge is 0.247 e. The summed E-state index contributed by atoms with van der Waals surface area (Å²) in [5.74, 6) is -1.28. The van der Waals surface area contributed by atoms with Crippen LogP contribution in [0.1, 0.15) is 23.4 Å². The minimum absolute atomic E-state index is 0.332. The first-order valence-electron chi connectivity index (χ1n) is 3.53. The summed E-state index contributed by atoms with van der Waals surface area (Å²) in [5, 5.41) is 8.44. The number of hydrogen-bond acceptors (Lipinski definition) is 2. The van der Waals surface area contributed by atoms with Crippen molar-refractivity contribution in [2.75, 3.05) is 0 Å². The zero-order valence-electron chi connectivity index (χ0n) is 6.77. The van der Waals surface area contributed by atoms with E-state index in [1.807, 2.05) is 0 Å². The highest BCUT2D eigenvalue weighted by atomic mass is 35.5. The van der Waals surface area contributed by atoms with Crippen LogP contribution in [-0.2, 0) is 5.88 Å². The molecule has 1 heterocycles. The van der Waals surface area contributed by atoms with Crippen molar-refractivity contribution in [1.82, 2.24) is 4.98 Å². The standard InChI is InChI=1S/C8H4ClF3N2/c9-2-6-7(10)4(3-13)1-5(14-6)8(11)12/h1,8H,2H2. The van der Waals surface area contributed by atoms with Gasteiger partial charge in [0.05, 0.1) is 17.1 Å². The number of nitrogens with zero attached hydrogens (tertiary/aromatic N) is 2. The largest absolute Gasteiger partial charge is 0.280 e. The predicted molar refractivity (Wildman–Crippen MR) is 43.4 cm³/mol. The van der Waals surface area contributed by atoms with Gasteiger partial charge < -0.3 is 0 Å². The van der Waals surface area contributed by atoms with Crippen molar-refractivity contribution in [2.45, 2.75) is 12.3 Å². The van der Waals surface area contributed by atoms with Crippen LogP contribution in [0.4, 0.5) is 13.2 Å². The van der Waals surface area contributed by atoms with Crippen LogP contribution in [0, 0.1) is 17.1 Å². The number of nitriles is 1. The van der Waals surface area contributed by atoms with Gasteiger partial charge in [0, 0.05) is 0 Å². The Labute approximate surface area is 82.9 Å². The fourth-order valence-electron chi connectivity index (χ4n) is 0.886. The van der Waals surface area contributed by atoms with Gasteiger partial charge in [0.15, 0.2) is 5.82 Å². The Kier molecular flexibility index (Phi) is 3.31. The van der Waals surface area contributed by atoms with Gasteiger partial charge in [0.1, 0.15) is 11.8 Å². The Balaban J connectivity index is 3.34. The maximum absolute atomic E-state index is 13.1. The van der Waals surface area contributed by atoms with Crippen molar-refractivity contribution < 1.29 is 13.2 Å². The lowest BCUT2D eigenvalue weighted by Crippen LogP contribution is -2.01. The van der Waals surface area contributed by atoms with Gasteiger partial charge in [-0.05, 0) is 6.07 Å². The topological polar surface area (TPSA) is 36.7 Å². The van der Waals surface area contributed by atoms with Gasteiger partial charge in [-0.2, -0.15) is 5.26 Å². The quantitative estimate of drug-likeness (QED) is 0.719. The van der Waals surface area contributed by atoms with E-state index in [9.17, 15) is 13.2 Å². The molecule has 14 heavy (non-hydrogen) atoms. The number of pyridine rings is 1. The average molecular weight is 221 g/mol. The molecule has 0 unspecified atom stereocenters. The van der Waals surface area contributed by atoms with Crippen molar-refractivity contribution in [3.8, 4) is 6.07 Å². The molecule has 0 saturated heterocycles. The third kappa shape index (κ3) is 1.96. The second-order valence-corrected chi connectivity index (χ2v) is 2.67. The average Bonchev–Trinajstić information content (AvgIpc) is 2.17. The Morgan fingerprint density at radius 1 is 1.57 bits per heavy atom. The third-order valence-electron chi connectivity index (χ3n) is 1.52. The van der Waals surface area contributed by atoms with E-state index in [0.29, 0.717) is 0 Å². The first kappa shape index (κ1) is 10.8. The second-order valence-electron chi connectivity index (χ2n) is 2.40. The van der Waals surface area contributed by atoms with E-state index >= 15 is 0 Å². The maximum Gasteiger partial charge on any atom is 0.280 e. The molecule has 6 heteroatoms. The fourth-order valence-corrected chi connectivity index (χ4v) is 1.06. The summed E-state index contributed by atoms with van der Waals surface area (Å²) in [7, 11) is 0. The van der Waals surface area contributed by atoms with Crippen molar-refractivity contribution in [3.63, 3.8) is 0 Å². The molecule has 2 nitrogen and oxygen atoms in total. The summed E-state index contributed by atoms with van der Waals surface area (Å²) in [6.45, 7) is 0. The highest BCUT2D eigenvalue weighted by Gasteiger charge is 2.16. The molecule has 1 aromatic rings.